The van der Waals surface area contributed by atoms with Crippen LogP contribution >= 0.6 is 0 Å². The fourth-order valence-corrected chi connectivity index (χ4v) is 5.47. The summed E-state index contributed by atoms with van der Waals surface area (Å²) in [6.45, 7) is 0.250. The first-order valence-corrected chi connectivity index (χ1v) is 12.5. The fourth-order valence-electron chi connectivity index (χ4n) is 5.47. The fraction of sp³-hybridized carbons (Fsp3) is 0.321. The molecule has 37 heavy (non-hydrogen) atoms. The molecule has 3 aliphatic rings. The first kappa shape index (κ1) is 23.1. The molecule has 0 bridgehead atoms. The summed E-state index contributed by atoms with van der Waals surface area (Å²) in [7, 11) is 1.54. The molecule has 3 amide bonds. The first-order chi connectivity index (χ1) is 18.0. The van der Waals surface area contributed by atoms with Crippen LogP contribution in [0.25, 0.3) is 0 Å². The van der Waals surface area contributed by atoms with Crippen molar-refractivity contribution in [2.75, 3.05) is 12.4 Å². The van der Waals surface area contributed by atoms with E-state index >= 15 is 0 Å². The third kappa shape index (κ3) is 4.41. The second-order valence-corrected chi connectivity index (χ2v) is 9.72. The number of aryl methyl sites for hydroxylation is 2. The van der Waals surface area contributed by atoms with Crippen molar-refractivity contribution in [3.8, 4) is 5.75 Å². The van der Waals surface area contributed by atoms with Crippen molar-refractivity contribution in [2.45, 2.75) is 51.1 Å². The number of aromatic nitrogens is 2. The van der Waals surface area contributed by atoms with Crippen LogP contribution in [0.15, 0.2) is 42.6 Å². The normalized spacial score (nSPS) is 18.5. The van der Waals surface area contributed by atoms with Gasteiger partial charge in [0, 0.05) is 42.9 Å². The molecule has 9 nitrogen and oxygen atoms in total. The summed E-state index contributed by atoms with van der Waals surface area (Å²) in [5.74, 6) is 0.815. The van der Waals surface area contributed by atoms with E-state index in [2.05, 4.69) is 33.8 Å². The minimum atomic E-state index is -0.686. The predicted octanol–water partition coefficient (Wildman–Crippen LogP) is 3.07. The highest BCUT2D eigenvalue weighted by Crippen LogP contribution is 2.37. The van der Waals surface area contributed by atoms with Crippen molar-refractivity contribution in [2.24, 2.45) is 0 Å². The summed E-state index contributed by atoms with van der Waals surface area (Å²) in [4.78, 5) is 48.0. The highest BCUT2D eigenvalue weighted by atomic mass is 16.5. The number of hydrogen-bond donors (Lipinski definition) is 2. The molecular weight excluding hydrogens is 470 g/mol. The summed E-state index contributed by atoms with van der Waals surface area (Å²) in [6.07, 6.45) is 6.35. The molecule has 188 valence electrons. The Kier molecular flexibility index (Phi) is 5.82. The van der Waals surface area contributed by atoms with Crippen LogP contribution in [0.3, 0.4) is 0 Å². The number of hydrogen-bond acceptors (Lipinski definition) is 7. The lowest BCUT2D eigenvalue weighted by molar-refractivity contribution is -0.136. The van der Waals surface area contributed by atoms with Crippen molar-refractivity contribution in [1.29, 1.82) is 0 Å². The Bertz CT molecular complexity index is 1440. The maximum atomic E-state index is 13.3. The topological polar surface area (TPSA) is 114 Å². The van der Waals surface area contributed by atoms with Gasteiger partial charge in [-0.25, -0.2) is 9.97 Å². The molecule has 3 heterocycles. The quantitative estimate of drug-likeness (QED) is 0.503. The van der Waals surface area contributed by atoms with Crippen LogP contribution < -0.4 is 15.4 Å². The van der Waals surface area contributed by atoms with Gasteiger partial charge in [0.05, 0.1) is 12.7 Å². The SMILES string of the molecule is COc1cc(Nc2ccnc(Cc3ccc4c(c3)CCC4)n2)c2c(c1)C(=O)N(C1CCC(=O)NC1=O)C2. The third-order valence-electron chi connectivity index (χ3n) is 7.36. The molecule has 6 rings (SSSR count). The summed E-state index contributed by atoms with van der Waals surface area (Å²) in [5.41, 5.74) is 5.95. The van der Waals surface area contributed by atoms with E-state index in [1.54, 1.807) is 25.4 Å². The Labute approximate surface area is 214 Å². The van der Waals surface area contributed by atoms with Gasteiger partial charge in [0.25, 0.3) is 5.91 Å². The Morgan fingerprint density at radius 1 is 1.08 bits per heavy atom. The van der Waals surface area contributed by atoms with Crippen molar-refractivity contribution < 1.29 is 19.1 Å². The minimum absolute atomic E-state index is 0.207. The number of carbonyl (C=O) groups excluding carboxylic acids is 3. The zero-order valence-corrected chi connectivity index (χ0v) is 20.5. The van der Waals surface area contributed by atoms with Gasteiger partial charge in [-0.1, -0.05) is 18.2 Å². The number of methoxy groups -OCH3 is 1. The largest absolute Gasteiger partial charge is 0.497 e. The van der Waals surface area contributed by atoms with Crippen LogP contribution in [0.2, 0.25) is 0 Å². The Morgan fingerprint density at radius 3 is 2.78 bits per heavy atom. The molecule has 1 saturated heterocycles. The lowest BCUT2D eigenvalue weighted by atomic mass is 10.0. The van der Waals surface area contributed by atoms with Gasteiger partial charge in [-0.05, 0) is 54.5 Å². The van der Waals surface area contributed by atoms with Crippen LogP contribution in [-0.2, 0) is 35.4 Å². The number of fused-ring (bicyclic) bond motifs is 2. The molecule has 2 aromatic carbocycles. The number of rotatable bonds is 6. The van der Waals surface area contributed by atoms with E-state index in [0.717, 1.165) is 18.4 Å². The van der Waals surface area contributed by atoms with E-state index in [4.69, 9.17) is 9.72 Å². The number of amides is 3. The lowest BCUT2D eigenvalue weighted by Gasteiger charge is -2.29. The highest BCUT2D eigenvalue weighted by molar-refractivity contribution is 6.06. The van der Waals surface area contributed by atoms with Crippen molar-refractivity contribution in [1.82, 2.24) is 20.2 Å². The van der Waals surface area contributed by atoms with Gasteiger partial charge >= 0.3 is 0 Å². The minimum Gasteiger partial charge on any atom is -0.497 e. The molecule has 0 spiro atoms. The zero-order chi connectivity index (χ0) is 25.5. The number of nitrogens with zero attached hydrogens (tertiary/aromatic N) is 3. The number of nitrogens with one attached hydrogen (secondary N) is 2. The highest BCUT2D eigenvalue weighted by Gasteiger charge is 2.40. The van der Waals surface area contributed by atoms with E-state index in [0.29, 0.717) is 41.5 Å². The lowest BCUT2D eigenvalue weighted by Crippen LogP contribution is -2.52. The second-order valence-electron chi connectivity index (χ2n) is 9.72. The monoisotopic (exact) mass is 497 g/mol. The smallest absolute Gasteiger partial charge is 0.255 e. The van der Waals surface area contributed by atoms with E-state index in [9.17, 15) is 14.4 Å². The van der Waals surface area contributed by atoms with Crippen LogP contribution in [0.1, 0.15) is 57.7 Å². The number of anilines is 2. The Balaban J connectivity index is 1.26. The van der Waals surface area contributed by atoms with E-state index in [1.165, 1.54) is 28.0 Å². The number of carbonyl (C=O) groups is 3. The van der Waals surface area contributed by atoms with Gasteiger partial charge in [-0.3, -0.25) is 19.7 Å². The molecule has 1 fully saturated rings. The molecule has 2 aliphatic heterocycles. The van der Waals surface area contributed by atoms with Crippen molar-refractivity contribution >= 4 is 29.2 Å². The Morgan fingerprint density at radius 2 is 1.95 bits per heavy atom. The summed E-state index contributed by atoms with van der Waals surface area (Å²) in [5, 5.41) is 5.69. The molecule has 1 atom stereocenters. The number of piperidine rings is 1. The second kappa shape index (κ2) is 9.31. The average molecular weight is 498 g/mol. The maximum Gasteiger partial charge on any atom is 0.255 e. The molecule has 9 heteroatoms. The maximum absolute atomic E-state index is 13.3. The molecular formula is C28H27N5O4. The predicted molar refractivity (Wildman–Crippen MR) is 136 cm³/mol. The molecule has 1 aromatic heterocycles. The zero-order valence-electron chi connectivity index (χ0n) is 20.5. The molecule has 3 aromatic rings. The van der Waals surface area contributed by atoms with Crippen LogP contribution in [0, 0.1) is 0 Å². The van der Waals surface area contributed by atoms with Gasteiger partial charge in [-0.2, -0.15) is 0 Å². The van der Waals surface area contributed by atoms with Crippen molar-refractivity contribution in [3.05, 3.63) is 76.2 Å². The number of imide groups is 1. The van der Waals surface area contributed by atoms with Crippen LogP contribution in [0.5, 0.6) is 5.75 Å². The molecule has 1 unspecified atom stereocenters. The third-order valence-corrected chi connectivity index (χ3v) is 7.36. The van der Waals surface area contributed by atoms with E-state index < -0.39 is 11.9 Å². The van der Waals surface area contributed by atoms with Gasteiger partial charge < -0.3 is 15.0 Å². The number of benzene rings is 2. The van der Waals surface area contributed by atoms with Gasteiger partial charge in [0.2, 0.25) is 11.8 Å². The molecule has 2 N–H and O–H groups in total. The van der Waals surface area contributed by atoms with E-state index in [-0.39, 0.29) is 24.8 Å². The molecule has 1 aliphatic carbocycles. The standard InChI is InChI=1S/C28H27N5O4/c1-37-19-13-20-21(15-33(28(20)36)23-7-8-26(34)32-27(23)35)22(14-19)30-24-9-10-29-25(31-24)12-16-5-6-17-3-2-4-18(17)11-16/h5-6,9-11,13-14,23H,2-4,7-8,12,15H2,1H3,(H,29,30,31)(H,32,34,35). The first-order valence-electron chi connectivity index (χ1n) is 12.5. The summed E-state index contributed by atoms with van der Waals surface area (Å²) in [6, 6.07) is 11.2. The Hall–Kier alpha value is -4.27. The van der Waals surface area contributed by atoms with Crippen LogP contribution in [0.4, 0.5) is 11.5 Å². The summed E-state index contributed by atoms with van der Waals surface area (Å²) < 4.78 is 5.45. The molecule has 0 radical (unpaired) electrons. The summed E-state index contributed by atoms with van der Waals surface area (Å²) >= 11 is 0. The van der Waals surface area contributed by atoms with E-state index in [1.807, 2.05) is 6.07 Å². The van der Waals surface area contributed by atoms with Gasteiger partial charge in [0.15, 0.2) is 0 Å². The molecule has 0 saturated carbocycles. The van der Waals surface area contributed by atoms with Gasteiger partial charge in [-0.15, -0.1) is 0 Å². The van der Waals surface area contributed by atoms with Crippen LogP contribution in [-0.4, -0.2) is 45.7 Å². The van der Waals surface area contributed by atoms with Gasteiger partial charge in [0.1, 0.15) is 23.4 Å². The average Bonchev–Trinajstić information content (AvgIpc) is 3.48. The number of ether oxygens (including phenoxy) is 1. The van der Waals surface area contributed by atoms with Crippen molar-refractivity contribution in [3.63, 3.8) is 0 Å².